The van der Waals surface area contributed by atoms with Crippen molar-refractivity contribution in [1.82, 2.24) is 24.9 Å². The molecule has 0 saturated carbocycles. The van der Waals surface area contributed by atoms with Crippen LogP contribution in [0.4, 0.5) is 19.1 Å². The summed E-state index contributed by atoms with van der Waals surface area (Å²) < 4.78 is 39.2. The smallest absolute Gasteiger partial charge is 0.349 e. The number of halogens is 3. The summed E-state index contributed by atoms with van der Waals surface area (Å²) in [6.45, 7) is 0.347. The van der Waals surface area contributed by atoms with E-state index in [-0.39, 0.29) is 28.2 Å². The Balaban J connectivity index is 1.75. The van der Waals surface area contributed by atoms with E-state index < -0.39 is 11.7 Å². The molecule has 0 bridgehead atoms. The molecule has 29 heavy (non-hydrogen) atoms. The van der Waals surface area contributed by atoms with Crippen LogP contribution in [0, 0.1) is 11.3 Å². The van der Waals surface area contributed by atoms with Gasteiger partial charge in [-0.05, 0) is 18.2 Å². The zero-order valence-corrected chi connectivity index (χ0v) is 14.7. The van der Waals surface area contributed by atoms with Crippen LogP contribution in [0.25, 0.3) is 22.3 Å². The lowest BCUT2D eigenvalue weighted by Gasteiger charge is -2.08. The lowest BCUT2D eigenvalue weighted by Crippen LogP contribution is -2.06. The quantitative estimate of drug-likeness (QED) is 0.543. The minimum Gasteiger partial charge on any atom is -0.349 e. The number of aromatic amines is 1. The first-order valence-corrected chi connectivity index (χ1v) is 8.41. The zero-order chi connectivity index (χ0) is 20.4. The van der Waals surface area contributed by atoms with E-state index in [4.69, 9.17) is 0 Å². The van der Waals surface area contributed by atoms with Gasteiger partial charge in [-0.1, -0.05) is 6.07 Å². The Kier molecular flexibility index (Phi) is 4.56. The second kappa shape index (κ2) is 7.20. The summed E-state index contributed by atoms with van der Waals surface area (Å²) in [6, 6.07) is 8.41. The Bertz CT molecular complexity index is 1210. The van der Waals surface area contributed by atoms with Gasteiger partial charge in [0.15, 0.2) is 0 Å². The molecule has 4 aromatic rings. The fourth-order valence-electron chi connectivity index (χ4n) is 2.78. The minimum atomic E-state index is -4.53. The summed E-state index contributed by atoms with van der Waals surface area (Å²) in [5.74, 6) is 0.221. The predicted octanol–water partition coefficient (Wildman–Crippen LogP) is 3.92. The molecule has 0 aromatic carbocycles. The van der Waals surface area contributed by atoms with Gasteiger partial charge >= 0.3 is 6.18 Å². The molecular formula is C19H12F3N7. The number of hydrogen-bond acceptors (Lipinski definition) is 6. The number of aromatic nitrogens is 5. The molecular weight excluding hydrogens is 383 g/mol. The number of pyridine rings is 2. The highest BCUT2D eigenvalue weighted by Crippen LogP contribution is 2.34. The van der Waals surface area contributed by atoms with Crippen LogP contribution in [0.5, 0.6) is 0 Å². The van der Waals surface area contributed by atoms with E-state index in [0.717, 1.165) is 18.0 Å². The molecule has 0 spiro atoms. The number of nitrogens with one attached hydrogen (secondary N) is 2. The molecule has 0 saturated heterocycles. The van der Waals surface area contributed by atoms with Crippen LogP contribution in [0.3, 0.4) is 0 Å². The average molecular weight is 395 g/mol. The van der Waals surface area contributed by atoms with Gasteiger partial charge in [-0.25, -0.2) is 15.0 Å². The second-order valence-electron chi connectivity index (χ2n) is 6.06. The average Bonchev–Trinajstić information content (AvgIpc) is 3.15. The third-order valence-electron chi connectivity index (χ3n) is 4.18. The van der Waals surface area contributed by atoms with E-state index in [9.17, 15) is 18.4 Å². The third kappa shape index (κ3) is 3.70. The van der Waals surface area contributed by atoms with E-state index in [0.29, 0.717) is 12.1 Å². The molecule has 10 heteroatoms. The maximum Gasteiger partial charge on any atom is 0.417 e. The largest absolute Gasteiger partial charge is 0.417 e. The molecule has 4 rings (SSSR count). The van der Waals surface area contributed by atoms with Crippen LogP contribution >= 0.6 is 0 Å². The highest BCUT2D eigenvalue weighted by Gasteiger charge is 2.31. The summed E-state index contributed by atoms with van der Waals surface area (Å²) in [5, 5.41) is 12.6. The first kappa shape index (κ1) is 18.4. The number of H-pyrrole nitrogens is 1. The number of hydrogen-bond donors (Lipinski definition) is 2. The zero-order valence-electron chi connectivity index (χ0n) is 14.7. The van der Waals surface area contributed by atoms with E-state index in [1.807, 2.05) is 18.2 Å². The molecule has 0 aliphatic carbocycles. The second-order valence-corrected chi connectivity index (χ2v) is 6.06. The van der Waals surface area contributed by atoms with Crippen LogP contribution < -0.4 is 5.32 Å². The van der Waals surface area contributed by atoms with Crippen molar-refractivity contribution in [2.24, 2.45) is 0 Å². The molecule has 0 aliphatic heterocycles. The first-order valence-electron chi connectivity index (χ1n) is 8.41. The highest BCUT2D eigenvalue weighted by molar-refractivity contribution is 5.94. The molecule has 0 unspecified atom stereocenters. The molecule has 0 aliphatic rings. The highest BCUT2D eigenvalue weighted by atomic mass is 19.4. The summed E-state index contributed by atoms with van der Waals surface area (Å²) in [5.41, 5.74) is 0.807. The Morgan fingerprint density at radius 3 is 2.72 bits per heavy atom. The molecule has 4 aromatic heterocycles. The van der Waals surface area contributed by atoms with Crippen molar-refractivity contribution in [1.29, 1.82) is 5.26 Å². The summed E-state index contributed by atoms with van der Waals surface area (Å²) in [4.78, 5) is 19.3. The molecule has 7 nitrogen and oxygen atoms in total. The Morgan fingerprint density at radius 2 is 2.00 bits per heavy atom. The molecule has 0 radical (unpaired) electrons. The van der Waals surface area contributed by atoms with Crippen molar-refractivity contribution >= 4 is 17.0 Å². The topological polar surface area (TPSA) is 103 Å². The maximum absolute atomic E-state index is 13.1. The van der Waals surface area contributed by atoms with Gasteiger partial charge in [-0.3, -0.25) is 4.98 Å². The van der Waals surface area contributed by atoms with E-state index in [2.05, 4.69) is 30.2 Å². The van der Waals surface area contributed by atoms with E-state index >= 15 is 0 Å². The molecule has 4 heterocycles. The number of alkyl halides is 3. The van der Waals surface area contributed by atoms with Crippen LogP contribution in [0.1, 0.15) is 16.8 Å². The Hall–Kier alpha value is -4.00. The molecule has 0 atom stereocenters. The number of rotatable bonds is 4. The Labute approximate surface area is 162 Å². The summed E-state index contributed by atoms with van der Waals surface area (Å²) >= 11 is 0. The molecule has 144 valence electrons. The lowest BCUT2D eigenvalue weighted by molar-refractivity contribution is -0.137. The number of fused-ring (bicyclic) bond motifs is 1. The molecule has 0 fully saturated rings. The SMILES string of the molecule is N#Cc1cnc(NCc2ccccn2)nc1-c1c[nH]c2ncc(C(F)(F)F)cc12. The van der Waals surface area contributed by atoms with Gasteiger partial charge in [-0.2, -0.15) is 18.4 Å². The van der Waals surface area contributed by atoms with Crippen molar-refractivity contribution in [2.45, 2.75) is 12.7 Å². The van der Waals surface area contributed by atoms with Gasteiger partial charge in [0.2, 0.25) is 5.95 Å². The number of nitriles is 1. The fraction of sp³-hybridized carbons (Fsp3) is 0.105. The maximum atomic E-state index is 13.1. The van der Waals surface area contributed by atoms with Gasteiger partial charge in [0.1, 0.15) is 11.7 Å². The lowest BCUT2D eigenvalue weighted by atomic mass is 10.1. The summed E-state index contributed by atoms with van der Waals surface area (Å²) in [7, 11) is 0. The van der Waals surface area contributed by atoms with Gasteiger partial charge in [0.25, 0.3) is 0 Å². The van der Waals surface area contributed by atoms with Gasteiger partial charge in [-0.15, -0.1) is 0 Å². The van der Waals surface area contributed by atoms with Gasteiger partial charge in [0, 0.05) is 29.5 Å². The van der Waals surface area contributed by atoms with Crippen LogP contribution in [0.15, 0.2) is 49.1 Å². The normalized spacial score (nSPS) is 11.4. The van der Waals surface area contributed by atoms with Crippen molar-refractivity contribution in [3.8, 4) is 17.3 Å². The monoisotopic (exact) mass is 395 g/mol. The van der Waals surface area contributed by atoms with Crippen LogP contribution in [-0.2, 0) is 12.7 Å². The predicted molar refractivity (Wildman–Crippen MR) is 98.4 cm³/mol. The van der Waals surface area contributed by atoms with Gasteiger partial charge in [0.05, 0.1) is 35.3 Å². The van der Waals surface area contributed by atoms with Crippen molar-refractivity contribution in [3.63, 3.8) is 0 Å². The van der Waals surface area contributed by atoms with Crippen molar-refractivity contribution in [2.75, 3.05) is 5.32 Å². The van der Waals surface area contributed by atoms with Crippen LogP contribution in [-0.4, -0.2) is 24.9 Å². The summed E-state index contributed by atoms with van der Waals surface area (Å²) in [6.07, 6.45) is 0.675. The number of anilines is 1. The van der Waals surface area contributed by atoms with E-state index in [1.165, 1.54) is 12.4 Å². The number of nitrogens with zero attached hydrogens (tertiary/aromatic N) is 5. The fourth-order valence-corrected chi connectivity index (χ4v) is 2.78. The van der Waals surface area contributed by atoms with Gasteiger partial charge < -0.3 is 10.3 Å². The van der Waals surface area contributed by atoms with Crippen molar-refractivity contribution < 1.29 is 13.2 Å². The third-order valence-corrected chi connectivity index (χ3v) is 4.18. The van der Waals surface area contributed by atoms with Crippen LogP contribution in [0.2, 0.25) is 0 Å². The standard InChI is InChI=1S/C19H12F3N7/c20-19(21,22)12-5-14-15(10-26-17(14)25-8-12)16-11(6-23)7-27-18(29-16)28-9-13-3-1-2-4-24-13/h1-5,7-8,10H,9H2,(H,25,26)(H,27,28,29). The van der Waals surface area contributed by atoms with E-state index in [1.54, 1.807) is 12.3 Å². The van der Waals surface area contributed by atoms with Crippen molar-refractivity contribution in [3.05, 3.63) is 65.9 Å². The Morgan fingerprint density at radius 1 is 1.14 bits per heavy atom. The minimum absolute atomic E-state index is 0.131. The first-order chi connectivity index (χ1) is 14.0. The molecule has 0 amide bonds. The molecule has 2 N–H and O–H groups in total.